The average molecular weight is 273 g/mol. The standard InChI is InChI=1S/C12H13ClO5/c1-2-18-12(17)11(16)10(15)8-4-3-7(6-14)5-9(8)13/h3-6,10-11,15-16H,2H2,1H3. The van der Waals surface area contributed by atoms with E-state index in [0.717, 1.165) is 0 Å². The van der Waals surface area contributed by atoms with Gasteiger partial charge in [0.2, 0.25) is 0 Å². The van der Waals surface area contributed by atoms with E-state index in [2.05, 4.69) is 4.74 Å². The molecule has 1 aromatic rings. The van der Waals surface area contributed by atoms with Crippen LogP contribution in [0.5, 0.6) is 0 Å². The molecule has 0 aliphatic carbocycles. The predicted molar refractivity (Wildman–Crippen MR) is 64.4 cm³/mol. The summed E-state index contributed by atoms with van der Waals surface area (Å²) >= 11 is 5.85. The Morgan fingerprint density at radius 2 is 2.17 bits per heavy atom. The minimum absolute atomic E-state index is 0.0930. The van der Waals surface area contributed by atoms with E-state index in [0.29, 0.717) is 11.8 Å². The van der Waals surface area contributed by atoms with Crippen LogP contribution in [0.2, 0.25) is 5.02 Å². The summed E-state index contributed by atoms with van der Waals surface area (Å²) in [4.78, 5) is 21.8. The molecule has 0 spiro atoms. The second-order valence-corrected chi connectivity index (χ2v) is 3.95. The van der Waals surface area contributed by atoms with E-state index in [1.165, 1.54) is 18.2 Å². The highest BCUT2D eigenvalue weighted by Crippen LogP contribution is 2.26. The van der Waals surface area contributed by atoms with Crippen molar-refractivity contribution >= 4 is 23.9 Å². The summed E-state index contributed by atoms with van der Waals surface area (Å²) in [6.07, 6.45) is -2.62. The zero-order chi connectivity index (χ0) is 13.7. The lowest BCUT2D eigenvalue weighted by Gasteiger charge is -2.17. The molecule has 1 aromatic carbocycles. The highest BCUT2D eigenvalue weighted by atomic mass is 35.5. The van der Waals surface area contributed by atoms with Gasteiger partial charge in [-0.15, -0.1) is 0 Å². The first-order valence-corrected chi connectivity index (χ1v) is 5.66. The van der Waals surface area contributed by atoms with Gasteiger partial charge in [-0.1, -0.05) is 23.7 Å². The second-order valence-electron chi connectivity index (χ2n) is 3.54. The molecule has 5 nitrogen and oxygen atoms in total. The minimum atomic E-state index is -1.72. The fraction of sp³-hybridized carbons (Fsp3) is 0.333. The van der Waals surface area contributed by atoms with E-state index in [-0.39, 0.29) is 17.2 Å². The minimum Gasteiger partial charge on any atom is -0.464 e. The van der Waals surface area contributed by atoms with Gasteiger partial charge in [0.15, 0.2) is 6.10 Å². The summed E-state index contributed by atoms with van der Waals surface area (Å²) in [7, 11) is 0. The normalized spacial score (nSPS) is 13.8. The summed E-state index contributed by atoms with van der Waals surface area (Å²) < 4.78 is 4.58. The zero-order valence-corrected chi connectivity index (χ0v) is 10.4. The van der Waals surface area contributed by atoms with Crippen LogP contribution in [0.4, 0.5) is 0 Å². The van der Waals surface area contributed by atoms with Crippen molar-refractivity contribution in [2.45, 2.75) is 19.1 Å². The molecule has 0 aliphatic heterocycles. The quantitative estimate of drug-likeness (QED) is 0.620. The first-order valence-electron chi connectivity index (χ1n) is 5.28. The van der Waals surface area contributed by atoms with Crippen molar-refractivity contribution in [3.05, 3.63) is 34.3 Å². The predicted octanol–water partition coefficient (Wildman–Crippen LogP) is 1.11. The third kappa shape index (κ3) is 3.29. The van der Waals surface area contributed by atoms with Gasteiger partial charge in [0.25, 0.3) is 0 Å². The van der Waals surface area contributed by atoms with Crippen molar-refractivity contribution in [1.29, 1.82) is 0 Å². The van der Waals surface area contributed by atoms with Gasteiger partial charge in [0, 0.05) is 16.1 Å². The largest absolute Gasteiger partial charge is 0.464 e. The summed E-state index contributed by atoms with van der Waals surface area (Å²) in [5, 5.41) is 19.5. The lowest BCUT2D eigenvalue weighted by atomic mass is 10.0. The van der Waals surface area contributed by atoms with Gasteiger partial charge in [-0.3, -0.25) is 4.79 Å². The number of ether oxygens (including phenoxy) is 1. The topological polar surface area (TPSA) is 83.8 Å². The van der Waals surface area contributed by atoms with Gasteiger partial charge in [-0.25, -0.2) is 4.79 Å². The molecule has 0 aromatic heterocycles. The van der Waals surface area contributed by atoms with E-state index in [9.17, 15) is 19.8 Å². The van der Waals surface area contributed by atoms with Gasteiger partial charge in [-0.2, -0.15) is 0 Å². The molecule has 0 amide bonds. The van der Waals surface area contributed by atoms with Crippen molar-refractivity contribution < 1.29 is 24.5 Å². The maximum absolute atomic E-state index is 11.3. The smallest absolute Gasteiger partial charge is 0.338 e. The Kier molecular flexibility index (Phi) is 5.27. The number of carbonyl (C=O) groups excluding carboxylic acids is 2. The van der Waals surface area contributed by atoms with Gasteiger partial charge in [-0.05, 0) is 13.0 Å². The number of benzene rings is 1. The van der Waals surface area contributed by atoms with Crippen LogP contribution in [-0.2, 0) is 9.53 Å². The molecular weight excluding hydrogens is 260 g/mol. The number of hydrogen-bond donors (Lipinski definition) is 2. The van der Waals surface area contributed by atoms with E-state index >= 15 is 0 Å². The Hall–Kier alpha value is -1.43. The van der Waals surface area contributed by atoms with Crippen LogP contribution in [0.3, 0.4) is 0 Å². The molecule has 0 aliphatic rings. The molecule has 18 heavy (non-hydrogen) atoms. The Bertz CT molecular complexity index is 446. The summed E-state index contributed by atoms with van der Waals surface area (Å²) in [6, 6.07) is 4.14. The molecule has 98 valence electrons. The van der Waals surface area contributed by atoms with Gasteiger partial charge >= 0.3 is 5.97 Å². The van der Waals surface area contributed by atoms with E-state index in [1.54, 1.807) is 6.92 Å². The molecular formula is C12H13ClO5. The Labute approximate surface area is 109 Å². The molecule has 0 saturated carbocycles. The van der Waals surface area contributed by atoms with Crippen molar-refractivity contribution in [2.75, 3.05) is 6.61 Å². The SMILES string of the molecule is CCOC(=O)C(O)C(O)c1ccc(C=O)cc1Cl. The number of hydrogen-bond acceptors (Lipinski definition) is 5. The Morgan fingerprint density at radius 1 is 1.50 bits per heavy atom. The maximum Gasteiger partial charge on any atom is 0.338 e. The molecule has 0 radical (unpaired) electrons. The fourth-order valence-corrected chi connectivity index (χ4v) is 1.68. The fourth-order valence-electron chi connectivity index (χ4n) is 1.38. The number of carbonyl (C=O) groups is 2. The molecule has 0 bridgehead atoms. The second kappa shape index (κ2) is 6.49. The van der Waals surface area contributed by atoms with Crippen LogP contribution in [0, 0.1) is 0 Å². The number of esters is 1. The van der Waals surface area contributed by atoms with E-state index in [1.807, 2.05) is 0 Å². The Morgan fingerprint density at radius 3 is 2.67 bits per heavy atom. The first kappa shape index (κ1) is 14.6. The summed E-state index contributed by atoms with van der Waals surface area (Å²) in [5.41, 5.74) is 0.490. The molecule has 6 heteroatoms. The van der Waals surface area contributed by atoms with Gasteiger partial charge in [0.1, 0.15) is 12.4 Å². The molecule has 2 N–H and O–H groups in total. The van der Waals surface area contributed by atoms with Crippen LogP contribution < -0.4 is 0 Å². The third-order valence-electron chi connectivity index (χ3n) is 2.31. The Balaban J connectivity index is 2.92. The number of aliphatic hydroxyl groups excluding tert-OH is 2. The van der Waals surface area contributed by atoms with Crippen LogP contribution in [-0.4, -0.2) is 35.2 Å². The molecule has 0 fully saturated rings. The van der Waals surface area contributed by atoms with Crippen LogP contribution in [0.1, 0.15) is 28.9 Å². The van der Waals surface area contributed by atoms with Crippen LogP contribution in [0.25, 0.3) is 0 Å². The monoisotopic (exact) mass is 272 g/mol. The molecule has 0 heterocycles. The lowest BCUT2D eigenvalue weighted by molar-refractivity contribution is -0.159. The van der Waals surface area contributed by atoms with Gasteiger partial charge < -0.3 is 14.9 Å². The molecule has 0 saturated heterocycles. The van der Waals surface area contributed by atoms with Crippen molar-refractivity contribution in [3.63, 3.8) is 0 Å². The number of halogens is 1. The van der Waals surface area contributed by atoms with Crippen LogP contribution in [0.15, 0.2) is 18.2 Å². The van der Waals surface area contributed by atoms with Crippen molar-refractivity contribution in [1.82, 2.24) is 0 Å². The first-order chi connectivity index (χ1) is 8.51. The highest BCUT2D eigenvalue weighted by molar-refractivity contribution is 6.31. The average Bonchev–Trinajstić information content (AvgIpc) is 2.37. The third-order valence-corrected chi connectivity index (χ3v) is 2.63. The molecule has 2 atom stereocenters. The summed E-state index contributed by atoms with van der Waals surface area (Å²) in [5.74, 6) is -0.930. The number of rotatable bonds is 5. The molecule has 2 unspecified atom stereocenters. The van der Waals surface area contributed by atoms with E-state index < -0.39 is 18.2 Å². The summed E-state index contributed by atoms with van der Waals surface area (Å²) in [6.45, 7) is 1.68. The molecule has 1 rings (SSSR count). The number of aliphatic hydroxyl groups is 2. The van der Waals surface area contributed by atoms with E-state index in [4.69, 9.17) is 11.6 Å². The maximum atomic E-state index is 11.3. The van der Waals surface area contributed by atoms with Crippen molar-refractivity contribution in [2.24, 2.45) is 0 Å². The lowest BCUT2D eigenvalue weighted by Crippen LogP contribution is -2.30. The number of aldehydes is 1. The van der Waals surface area contributed by atoms with Gasteiger partial charge in [0.05, 0.1) is 6.61 Å². The highest BCUT2D eigenvalue weighted by Gasteiger charge is 2.28. The van der Waals surface area contributed by atoms with Crippen LogP contribution >= 0.6 is 11.6 Å². The zero-order valence-electron chi connectivity index (χ0n) is 9.67. The van der Waals surface area contributed by atoms with Crippen molar-refractivity contribution in [3.8, 4) is 0 Å².